The Morgan fingerprint density at radius 1 is 0.963 bits per heavy atom. The number of fused-ring (bicyclic) bond motifs is 1. The number of phenolic OH excluding ortho intramolecular Hbond substituents is 2. The molecule has 0 heterocycles. The van der Waals surface area contributed by atoms with Gasteiger partial charge < -0.3 is 10.2 Å². The smallest absolute Gasteiger partial charge is 0.241 e. The minimum Gasteiger partial charge on any atom is -0.507 e. The average Bonchev–Trinajstić information content (AvgIpc) is 2.59. The van der Waals surface area contributed by atoms with E-state index in [4.69, 9.17) is 0 Å². The van der Waals surface area contributed by atoms with Crippen molar-refractivity contribution in [3.63, 3.8) is 0 Å². The number of rotatable bonds is 4. The number of hydrogen-bond acceptors (Lipinski definition) is 6. The molecule has 0 spiro atoms. The van der Waals surface area contributed by atoms with Crippen LogP contribution >= 0.6 is 0 Å². The highest BCUT2D eigenvalue weighted by Crippen LogP contribution is 2.35. The summed E-state index contributed by atoms with van der Waals surface area (Å²) in [6.07, 6.45) is 0.981. The van der Waals surface area contributed by atoms with Crippen LogP contribution in [0.1, 0.15) is 33.2 Å². The summed E-state index contributed by atoms with van der Waals surface area (Å²) in [5.74, 6) is -2.29. The van der Waals surface area contributed by atoms with E-state index < -0.39 is 39.1 Å². The standard InChI is InChI=1S/C19H17NO6S/c1-10-5-3-4-6-16(10)27(25,26)20-11(2)12-9-15(23)17-13(21)7-8-14(22)18(17)19(12)24/h3-9,11,20-22H,1-2H3. The van der Waals surface area contributed by atoms with Gasteiger partial charge in [0.25, 0.3) is 0 Å². The quantitative estimate of drug-likeness (QED) is 0.691. The number of carbonyl (C=O) groups excluding carboxylic acids is 2. The predicted molar refractivity (Wildman–Crippen MR) is 97.5 cm³/mol. The van der Waals surface area contributed by atoms with Crippen LogP contribution in [0, 0.1) is 6.92 Å². The summed E-state index contributed by atoms with van der Waals surface area (Å²) in [5, 5.41) is 19.8. The second-order valence-electron chi connectivity index (χ2n) is 6.26. The first-order chi connectivity index (χ1) is 12.6. The largest absolute Gasteiger partial charge is 0.507 e. The summed E-state index contributed by atoms with van der Waals surface area (Å²) >= 11 is 0. The monoisotopic (exact) mass is 387 g/mol. The lowest BCUT2D eigenvalue weighted by Gasteiger charge is -2.22. The number of carbonyl (C=O) groups is 2. The normalized spacial score (nSPS) is 15.3. The molecule has 0 saturated carbocycles. The zero-order chi connectivity index (χ0) is 19.9. The zero-order valence-electron chi connectivity index (χ0n) is 14.6. The van der Waals surface area contributed by atoms with Gasteiger partial charge in [0.05, 0.1) is 16.0 Å². The van der Waals surface area contributed by atoms with Gasteiger partial charge >= 0.3 is 0 Å². The van der Waals surface area contributed by atoms with E-state index in [0.29, 0.717) is 5.56 Å². The molecule has 7 nitrogen and oxygen atoms in total. The van der Waals surface area contributed by atoms with E-state index in [9.17, 15) is 28.2 Å². The maximum absolute atomic E-state index is 12.7. The summed E-state index contributed by atoms with van der Waals surface area (Å²) < 4.78 is 27.7. The van der Waals surface area contributed by atoms with Crippen molar-refractivity contribution >= 4 is 21.6 Å². The van der Waals surface area contributed by atoms with Crippen molar-refractivity contribution in [1.82, 2.24) is 4.72 Å². The lowest BCUT2D eigenvalue weighted by atomic mass is 9.86. The third kappa shape index (κ3) is 3.24. The average molecular weight is 387 g/mol. The summed E-state index contributed by atoms with van der Waals surface area (Å²) in [5.41, 5.74) is -0.215. The van der Waals surface area contributed by atoms with Gasteiger partial charge in [0, 0.05) is 11.6 Å². The molecule has 27 heavy (non-hydrogen) atoms. The lowest BCUT2D eigenvalue weighted by Crippen LogP contribution is -2.38. The molecule has 8 heteroatoms. The lowest BCUT2D eigenvalue weighted by molar-refractivity contribution is 0.0974. The number of Topliss-reactive ketones (excluding diaryl/α,β-unsaturated/α-hetero) is 1. The summed E-state index contributed by atoms with van der Waals surface area (Å²) in [7, 11) is -3.94. The third-order valence-corrected chi connectivity index (χ3v) is 6.07. The first-order valence-corrected chi connectivity index (χ1v) is 9.55. The fourth-order valence-corrected chi connectivity index (χ4v) is 4.49. The van der Waals surface area contributed by atoms with E-state index >= 15 is 0 Å². The van der Waals surface area contributed by atoms with Gasteiger partial charge in [-0.25, -0.2) is 13.1 Å². The molecule has 0 amide bonds. The second kappa shape index (κ2) is 6.64. The van der Waals surface area contributed by atoms with E-state index in [-0.39, 0.29) is 21.6 Å². The van der Waals surface area contributed by atoms with Crippen molar-refractivity contribution in [2.24, 2.45) is 0 Å². The van der Waals surface area contributed by atoms with Crippen molar-refractivity contribution in [2.45, 2.75) is 24.8 Å². The first-order valence-electron chi connectivity index (χ1n) is 8.07. The molecule has 0 bridgehead atoms. The molecule has 140 valence electrons. The fraction of sp³-hybridized carbons (Fsp3) is 0.158. The Bertz CT molecular complexity index is 1100. The number of nitrogens with one attached hydrogen (secondary N) is 1. The number of aryl methyl sites for hydroxylation is 1. The fourth-order valence-electron chi connectivity index (χ4n) is 3.02. The topological polar surface area (TPSA) is 121 Å². The van der Waals surface area contributed by atoms with Gasteiger partial charge in [-0.1, -0.05) is 18.2 Å². The van der Waals surface area contributed by atoms with Crippen molar-refractivity contribution in [1.29, 1.82) is 0 Å². The van der Waals surface area contributed by atoms with Crippen molar-refractivity contribution in [3.05, 3.63) is 64.7 Å². The molecule has 2 aromatic carbocycles. The summed E-state index contributed by atoms with van der Waals surface area (Å²) in [6, 6.07) is 7.55. The van der Waals surface area contributed by atoms with Crippen molar-refractivity contribution < 1.29 is 28.2 Å². The molecule has 1 atom stereocenters. The number of benzene rings is 2. The predicted octanol–water partition coefficient (Wildman–Crippen LogP) is 2.08. The van der Waals surface area contributed by atoms with Crippen molar-refractivity contribution in [2.75, 3.05) is 0 Å². The molecular formula is C19H17NO6S. The maximum atomic E-state index is 12.7. The highest BCUT2D eigenvalue weighted by atomic mass is 32.2. The molecule has 1 unspecified atom stereocenters. The van der Waals surface area contributed by atoms with Crippen LogP contribution in [0.5, 0.6) is 11.5 Å². The van der Waals surface area contributed by atoms with Crippen LogP contribution in [0.2, 0.25) is 0 Å². The Morgan fingerprint density at radius 3 is 2.19 bits per heavy atom. The SMILES string of the molecule is Cc1ccccc1S(=O)(=O)NC(C)C1=CC(=O)c2c(O)ccc(O)c2C1=O. The number of phenols is 2. The Morgan fingerprint density at radius 2 is 1.56 bits per heavy atom. The van der Waals surface area contributed by atoms with Gasteiger partial charge in [0.2, 0.25) is 10.0 Å². The van der Waals surface area contributed by atoms with Gasteiger partial charge in [-0.15, -0.1) is 0 Å². The van der Waals surface area contributed by atoms with E-state index in [0.717, 1.165) is 18.2 Å². The highest BCUT2D eigenvalue weighted by molar-refractivity contribution is 7.89. The zero-order valence-corrected chi connectivity index (χ0v) is 15.4. The second-order valence-corrected chi connectivity index (χ2v) is 7.94. The summed E-state index contributed by atoms with van der Waals surface area (Å²) in [4.78, 5) is 25.1. The minimum absolute atomic E-state index is 0.0629. The Kier molecular flexibility index (Phi) is 4.63. The number of allylic oxidation sites excluding steroid dienone is 1. The molecule has 0 radical (unpaired) electrons. The molecule has 2 aromatic rings. The van der Waals surface area contributed by atoms with Crippen molar-refractivity contribution in [3.8, 4) is 11.5 Å². The molecule has 1 aliphatic carbocycles. The Hall–Kier alpha value is -2.97. The third-order valence-electron chi connectivity index (χ3n) is 4.37. The Labute approximate surface area is 156 Å². The van der Waals surface area contributed by atoms with Crippen LogP contribution in [0.25, 0.3) is 0 Å². The van der Waals surface area contributed by atoms with Gasteiger partial charge in [0.15, 0.2) is 11.6 Å². The molecule has 0 fully saturated rings. The number of ketones is 2. The summed E-state index contributed by atoms with van der Waals surface area (Å²) in [6.45, 7) is 3.07. The molecule has 0 saturated heterocycles. The van der Waals surface area contributed by atoms with Crippen LogP contribution in [0.4, 0.5) is 0 Å². The molecule has 3 rings (SSSR count). The number of aromatic hydroxyl groups is 2. The molecule has 3 N–H and O–H groups in total. The van der Waals surface area contributed by atoms with Gasteiger partial charge in [-0.2, -0.15) is 0 Å². The van der Waals surface area contributed by atoms with E-state index in [1.807, 2.05) is 0 Å². The van der Waals surface area contributed by atoms with Gasteiger partial charge in [-0.05, 0) is 43.7 Å². The minimum atomic E-state index is -3.94. The Balaban J connectivity index is 1.98. The van der Waals surface area contributed by atoms with Crippen LogP contribution in [-0.4, -0.2) is 36.2 Å². The molecule has 0 aliphatic heterocycles. The van der Waals surface area contributed by atoms with Crippen LogP contribution < -0.4 is 4.72 Å². The number of sulfonamides is 1. The molecule has 0 aromatic heterocycles. The van der Waals surface area contributed by atoms with E-state index in [2.05, 4.69) is 4.72 Å². The van der Waals surface area contributed by atoms with Crippen LogP contribution in [-0.2, 0) is 10.0 Å². The first kappa shape index (κ1) is 18.8. The highest BCUT2D eigenvalue weighted by Gasteiger charge is 2.34. The number of hydrogen-bond donors (Lipinski definition) is 3. The van der Waals surface area contributed by atoms with E-state index in [1.54, 1.807) is 25.1 Å². The van der Waals surface area contributed by atoms with Crippen LogP contribution in [0.15, 0.2) is 52.9 Å². The molecule has 1 aliphatic rings. The van der Waals surface area contributed by atoms with E-state index in [1.165, 1.54) is 13.0 Å². The molecular weight excluding hydrogens is 370 g/mol. The van der Waals surface area contributed by atoms with Gasteiger partial charge in [0.1, 0.15) is 11.5 Å². The maximum Gasteiger partial charge on any atom is 0.241 e. The van der Waals surface area contributed by atoms with Crippen LogP contribution in [0.3, 0.4) is 0 Å². The van der Waals surface area contributed by atoms with Gasteiger partial charge in [-0.3, -0.25) is 9.59 Å².